The van der Waals surface area contributed by atoms with Gasteiger partial charge >= 0.3 is 0 Å². The van der Waals surface area contributed by atoms with Crippen LogP contribution < -0.4 is 0 Å². The Labute approximate surface area is 124 Å². The predicted octanol–water partition coefficient (Wildman–Crippen LogP) is 5.13. The van der Waals surface area contributed by atoms with Gasteiger partial charge in [-0.25, -0.2) is 0 Å². The zero-order chi connectivity index (χ0) is 12.4. The summed E-state index contributed by atoms with van der Waals surface area (Å²) in [6.45, 7) is 0. The van der Waals surface area contributed by atoms with E-state index in [1.165, 1.54) is 16.5 Å². The number of aromatic nitrogens is 1. The van der Waals surface area contributed by atoms with Gasteiger partial charge in [-0.1, -0.05) is 42.5 Å². The molecule has 0 unspecified atom stereocenters. The molecule has 0 aliphatic heterocycles. The highest BCUT2D eigenvalue weighted by atomic mass is 35.5. The molecule has 0 radical (unpaired) electrons. The maximum Gasteiger partial charge on any atom is 0.0653 e. The number of fused-ring (bicyclic) bond motifs is 1. The predicted molar refractivity (Wildman–Crippen MR) is 84.9 cm³/mol. The van der Waals surface area contributed by atoms with Gasteiger partial charge in [-0.15, -0.1) is 24.0 Å². The highest BCUT2D eigenvalue weighted by molar-refractivity contribution is 6.18. The van der Waals surface area contributed by atoms with Gasteiger partial charge in [-0.05, 0) is 23.8 Å². The van der Waals surface area contributed by atoms with E-state index in [9.17, 15) is 0 Å². The van der Waals surface area contributed by atoms with Crippen LogP contribution in [-0.4, -0.2) is 4.98 Å². The molecule has 19 heavy (non-hydrogen) atoms. The zero-order valence-electron chi connectivity index (χ0n) is 10.5. The molecule has 0 saturated carbocycles. The van der Waals surface area contributed by atoms with Gasteiger partial charge in [0.05, 0.1) is 11.6 Å². The second kappa shape index (κ2) is 6.23. The Morgan fingerprint density at radius 3 is 2.58 bits per heavy atom. The van der Waals surface area contributed by atoms with Crippen LogP contribution >= 0.6 is 24.0 Å². The molecule has 1 aliphatic carbocycles. The Morgan fingerprint density at radius 2 is 1.89 bits per heavy atom. The Kier molecular flexibility index (Phi) is 4.62. The lowest BCUT2D eigenvalue weighted by Gasteiger charge is -2.12. The van der Waals surface area contributed by atoms with Gasteiger partial charge in [0, 0.05) is 17.1 Å². The summed E-state index contributed by atoms with van der Waals surface area (Å²) in [6, 6.07) is 8.34. The van der Waals surface area contributed by atoms with Crippen molar-refractivity contribution in [1.29, 1.82) is 0 Å². The van der Waals surface area contributed by atoms with Gasteiger partial charge in [0.15, 0.2) is 0 Å². The second-order valence-corrected chi connectivity index (χ2v) is 4.70. The van der Waals surface area contributed by atoms with Crippen LogP contribution in [0.4, 0.5) is 0 Å². The first kappa shape index (κ1) is 14.1. The molecule has 0 bridgehead atoms. The van der Waals surface area contributed by atoms with E-state index >= 15 is 0 Å². The molecule has 3 heteroatoms. The van der Waals surface area contributed by atoms with E-state index in [1.807, 2.05) is 12.3 Å². The summed E-state index contributed by atoms with van der Waals surface area (Å²) in [6.07, 6.45) is 10.9. The topological polar surface area (TPSA) is 12.9 Å². The molecule has 3 rings (SSSR count). The zero-order valence-corrected chi connectivity index (χ0v) is 12.0. The number of halogens is 2. The van der Waals surface area contributed by atoms with E-state index in [-0.39, 0.29) is 12.4 Å². The first-order valence-corrected chi connectivity index (χ1v) is 6.73. The summed E-state index contributed by atoms with van der Waals surface area (Å²) in [5.41, 5.74) is 3.43. The molecule has 0 N–H and O–H groups in total. The standard InChI is InChI=1S/C16H14ClN.ClH/c17-10-16-14-9-5-4-8-13(14)15(11-18-16)12-6-2-1-3-7-12;/h2,4-9,11H,1,3,10H2;1H. The summed E-state index contributed by atoms with van der Waals surface area (Å²) < 4.78 is 0. The first-order chi connectivity index (χ1) is 8.90. The van der Waals surface area contributed by atoms with Crippen molar-refractivity contribution >= 4 is 40.4 Å². The Morgan fingerprint density at radius 1 is 1.11 bits per heavy atom. The lowest BCUT2D eigenvalue weighted by atomic mass is 9.96. The monoisotopic (exact) mass is 291 g/mol. The molecule has 98 valence electrons. The van der Waals surface area contributed by atoms with Crippen molar-refractivity contribution in [2.24, 2.45) is 0 Å². The first-order valence-electron chi connectivity index (χ1n) is 6.20. The molecule has 0 amide bonds. The number of benzene rings is 1. The minimum atomic E-state index is 0. The van der Waals surface area contributed by atoms with Crippen LogP contribution in [0.2, 0.25) is 0 Å². The third-order valence-corrected chi connectivity index (χ3v) is 3.56. The third-order valence-electron chi connectivity index (χ3n) is 3.31. The van der Waals surface area contributed by atoms with E-state index in [4.69, 9.17) is 11.6 Å². The fourth-order valence-electron chi connectivity index (χ4n) is 2.40. The summed E-state index contributed by atoms with van der Waals surface area (Å²) in [5.74, 6) is 0.454. The van der Waals surface area contributed by atoms with Gasteiger partial charge < -0.3 is 0 Å². The number of alkyl halides is 1. The van der Waals surface area contributed by atoms with E-state index in [0.29, 0.717) is 5.88 Å². The van der Waals surface area contributed by atoms with Crippen molar-refractivity contribution in [1.82, 2.24) is 4.98 Å². The third kappa shape index (κ3) is 2.68. The summed E-state index contributed by atoms with van der Waals surface area (Å²) in [5, 5.41) is 2.39. The van der Waals surface area contributed by atoms with Gasteiger partial charge in [-0.3, -0.25) is 4.98 Å². The SMILES string of the molecule is Cl.ClCc1ncc(C2=CCCC=C2)c2ccccc12. The van der Waals surface area contributed by atoms with E-state index in [2.05, 4.69) is 41.4 Å². The van der Waals surface area contributed by atoms with Crippen molar-refractivity contribution in [2.75, 3.05) is 0 Å². The molecular formula is C16H15Cl2N. The van der Waals surface area contributed by atoms with Crippen molar-refractivity contribution in [3.8, 4) is 0 Å². The molecule has 1 heterocycles. The fourth-order valence-corrected chi connectivity index (χ4v) is 2.61. The number of allylic oxidation sites excluding steroid dienone is 4. The molecule has 0 spiro atoms. The van der Waals surface area contributed by atoms with Crippen LogP contribution in [-0.2, 0) is 5.88 Å². The fraction of sp³-hybridized carbons (Fsp3) is 0.188. The van der Waals surface area contributed by atoms with Crippen LogP contribution in [0.5, 0.6) is 0 Å². The Bertz CT molecular complexity index is 644. The average Bonchev–Trinajstić information content (AvgIpc) is 2.47. The maximum absolute atomic E-state index is 5.95. The molecular weight excluding hydrogens is 277 g/mol. The number of pyridine rings is 1. The van der Waals surface area contributed by atoms with Crippen molar-refractivity contribution in [2.45, 2.75) is 18.7 Å². The van der Waals surface area contributed by atoms with Crippen LogP contribution in [0.1, 0.15) is 24.1 Å². The minimum Gasteiger partial charge on any atom is -0.259 e. The average molecular weight is 292 g/mol. The van der Waals surface area contributed by atoms with E-state index in [1.54, 1.807) is 0 Å². The van der Waals surface area contributed by atoms with Crippen molar-refractivity contribution in [3.05, 3.63) is 59.9 Å². The molecule has 1 aromatic heterocycles. The van der Waals surface area contributed by atoms with Gasteiger partial charge in [0.1, 0.15) is 0 Å². The van der Waals surface area contributed by atoms with Crippen LogP contribution in [0.15, 0.2) is 48.7 Å². The maximum atomic E-state index is 5.95. The Balaban J connectivity index is 0.00000133. The largest absolute Gasteiger partial charge is 0.259 e. The lowest BCUT2D eigenvalue weighted by molar-refractivity contribution is 1.04. The van der Waals surface area contributed by atoms with Crippen LogP contribution in [0.25, 0.3) is 16.3 Å². The number of hydrogen-bond acceptors (Lipinski definition) is 1. The summed E-state index contributed by atoms with van der Waals surface area (Å²) >= 11 is 5.95. The molecule has 1 aromatic carbocycles. The van der Waals surface area contributed by atoms with Crippen molar-refractivity contribution in [3.63, 3.8) is 0 Å². The summed E-state index contributed by atoms with van der Waals surface area (Å²) in [7, 11) is 0. The van der Waals surface area contributed by atoms with Gasteiger partial charge in [0.25, 0.3) is 0 Å². The smallest absolute Gasteiger partial charge is 0.0653 e. The van der Waals surface area contributed by atoms with E-state index < -0.39 is 0 Å². The Hall–Kier alpha value is -1.31. The lowest BCUT2D eigenvalue weighted by Crippen LogP contribution is -1.94. The second-order valence-electron chi connectivity index (χ2n) is 4.44. The molecule has 1 nitrogen and oxygen atoms in total. The van der Waals surface area contributed by atoms with E-state index in [0.717, 1.165) is 23.9 Å². The van der Waals surface area contributed by atoms with Crippen LogP contribution in [0.3, 0.4) is 0 Å². The number of nitrogens with zero attached hydrogens (tertiary/aromatic N) is 1. The van der Waals surface area contributed by atoms with Gasteiger partial charge in [-0.2, -0.15) is 0 Å². The van der Waals surface area contributed by atoms with Crippen molar-refractivity contribution < 1.29 is 0 Å². The minimum absolute atomic E-state index is 0. The molecule has 0 saturated heterocycles. The quantitative estimate of drug-likeness (QED) is 0.699. The molecule has 0 fully saturated rings. The van der Waals surface area contributed by atoms with Crippen LogP contribution in [0, 0.1) is 0 Å². The number of rotatable bonds is 2. The highest BCUT2D eigenvalue weighted by Crippen LogP contribution is 2.29. The highest BCUT2D eigenvalue weighted by Gasteiger charge is 2.09. The molecule has 1 aliphatic rings. The van der Waals surface area contributed by atoms with Gasteiger partial charge in [0.2, 0.25) is 0 Å². The molecule has 2 aromatic rings. The summed E-state index contributed by atoms with van der Waals surface area (Å²) in [4.78, 5) is 4.49. The molecule has 0 atom stereocenters. The number of hydrogen-bond donors (Lipinski definition) is 0. The normalized spacial score (nSPS) is 14.1.